The summed E-state index contributed by atoms with van der Waals surface area (Å²) in [5.41, 5.74) is 1.80. The van der Waals surface area contributed by atoms with Crippen molar-refractivity contribution in [2.75, 3.05) is 33.8 Å². The summed E-state index contributed by atoms with van der Waals surface area (Å²) in [4.78, 5) is 16.9. The van der Waals surface area contributed by atoms with Crippen molar-refractivity contribution >= 4 is 11.6 Å². The predicted molar refractivity (Wildman–Crippen MR) is 116 cm³/mol. The van der Waals surface area contributed by atoms with Crippen molar-refractivity contribution in [2.24, 2.45) is 0 Å². The quantitative estimate of drug-likeness (QED) is 0.556. The minimum absolute atomic E-state index is 0.280. The number of benzene rings is 2. The highest BCUT2D eigenvalue weighted by molar-refractivity contribution is 6.07. The molecule has 1 amide bonds. The minimum atomic E-state index is -0.372. The minimum Gasteiger partial charge on any atom is -0.493 e. The largest absolute Gasteiger partial charge is 0.493 e. The number of nitrogens with one attached hydrogen (secondary N) is 1. The highest BCUT2D eigenvalue weighted by atomic mass is 16.5. The Hall–Kier alpha value is -3.94. The van der Waals surface area contributed by atoms with Gasteiger partial charge in [-0.3, -0.25) is 9.78 Å². The fourth-order valence-electron chi connectivity index (χ4n) is 2.99. The third-order valence-corrected chi connectivity index (χ3v) is 4.51. The van der Waals surface area contributed by atoms with Gasteiger partial charge < -0.3 is 29.0 Å². The summed E-state index contributed by atoms with van der Waals surface area (Å²) in [7, 11) is 6.02. The van der Waals surface area contributed by atoms with E-state index >= 15 is 0 Å². The van der Waals surface area contributed by atoms with Gasteiger partial charge in [0.2, 0.25) is 5.75 Å². The molecule has 0 atom stereocenters. The maximum atomic E-state index is 12.9. The Balaban J connectivity index is 1.83. The van der Waals surface area contributed by atoms with Crippen LogP contribution in [0, 0.1) is 0 Å². The summed E-state index contributed by atoms with van der Waals surface area (Å²) in [6.45, 7) is 0.333. The normalized spacial score (nSPS) is 10.2. The van der Waals surface area contributed by atoms with Crippen molar-refractivity contribution in [2.45, 2.75) is 6.61 Å². The molecule has 0 saturated carbocycles. The van der Waals surface area contributed by atoms with Gasteiger partial charge in [-0.2, -0.15) is 0 Å². The Morgan fingerprint density at radius 2 is 1.48 bits per heavy atom. The number of hydrogen-bond donors (Lipinski definition) is 1. The molecule has 0 bridgehead atoms. The molecule has 1 N–H and O–H groups in total. The molecule has 0 aliphatic heterocycles. The van der Waals surface area contributed by atoms with Gasteiger partial charge in [-0.15, -0.1) is 0 Å². The van der Waals surface area contributed by atoms with E-state index in [4.69, 9.17) is 23.7 Å². The van der Waals surface area contributed by atoms with Crippen LogP contribution in [0.5, 0.6) is 28.7 Å². The Morgan fingerprint density at radius 3 is 2.13 bits per heavy atom. The van der Waals surface area contributed by atoms with Gasteiger partial charge in [-0.25, -0.2) is 0 Å². The highest BCUT2D eigenvalue weighted by Gasteiger charge is 2.21. The Bertz CT molecular complexity index is 1040. The number of rotatable bonds is 9. The molecule has 0 fully saturated rings. The van der Waals surface area contributed by atoms with Crippen LogP contribution in [0.1, 0.15) is 15.9 Å². The zero-order valence-corrected chi connectivity index (χ0v) is 17.8. The second-order valence-electron chi connectivity index (χ2n) is 6.35. The van der Waals surface area contributed by atoms with Crippen molar-refractivity contribution in [1.82, 2.24) is 4.98 Å². The molecule has 3 rings (SSSR count). The Morgan fingerprint density at radius 1 is 0.806 bits per heavy atom. The van der Waals surface area contributed by atoms with Gasteiger partial charge in [-0.1, -0.05) is 0 Å². The first-order chi connectivity index (χ1) is 15.1. The van der Waals surface area contributed by atoms with Gasteiger partial charge >= 0.3 is 0 Å². The SMILES string of the molecule is COc1ccc(NC(=O)c2ccc(OC)c(OC)c2OC)cc1OCc1ccncc1. The van der Waals surface area contributed by atoms with E-state index < -0.39 is 0 Å². The molecule has 0 unspecified atom stereocenters. The van der Waals surface area contributed by atoms with Crippen molar-refractivity contribution in [3.05, 3.63) is 66.0 Å². The molecule has 0 radical (unpaired) electrons. The lowest BCUT2D eigenvalue weighted by molar-refractivity contribution is 0.102. The maximum Gasteiger partial charge on any atom is 0.259 e. The van der Waals surface area contributed by atoms with E-state index in [0.717, 1.165) is 5.56 Å². The first-order valence-electron chi connectivity index (χ1n) is 9.41. The number of ether oxygens (including phenoxy) is 5. The number of carbonyl (C=O) groups is 1. The lowest BCUT2D eigenvalue weighted by Gasteiger charge is -2.16. The van der Waals surface area contributed by atoms with Crippen molar-refractivity contribution in [3.8, 4) is 28.7 Å². The van der Waals surface area contributed by atoms with E-state index in [2.05, 4.69) is 10.3 Å². The number of methoxy groups -OCH3 is 4. The fraction of sp³-hybridized carbons (Fsp3) is 0.217. The average molecular weight is 424 g/mol. The van der Waals surface area contributed by atoms with Gasteiger partial charge in [0.05, 0.1) is 34.0 Å². The van der Waals surface area contributed by atoms with Crippen LogP contribution in [0.4, 0.5) is 5.69 Å². The summed E-state index contributed by atoms with van der Waals surface area (Å²) in [5.74, 6) is 1.76. The number of carbonyl (C=O) groups excluding carboxylic acids is 1. The van der Waals surface area contributed by atoms with Crippen LogP contribution in [-0.2, 0) is 6.61 Å². The molecule has 8 nitrogen and oxygen atoms in total. The second kappa shape index (κ2) is 10.2. The standard InChI is InChI=1S/C23H24N2O6/c1-27-18-7-5-16(13-20(18)31-14-15-9-11-24-12-10-15)25-23(26)17-6-8-19(28-2)22(30-4)21(17)29-3/h5-13H,14H2,1-4H3,(H,25,26). The first kappa shape index (κ1) is 21.8. The summed E-state index contributed by atoms with van der Waals surface area (Å²) in [5, 5.41) is 2.85. The van der Waals surface area contributed by atoms with E-state index in [9.17, 15) is 4.79 Å². The summed E-state index contributed by atoms with van der Waals surface area (Å²) >= 11 is 0. The molecule has 2 aromatic carbocycles. The van der Waals surface area contributed by atoms with E-state index in [1.54, 1.807) is 49.8 Å². The summed E-state index contributed by atoms with van der Waals surface area (Å²) < 4.78 is 27.3. The molecular formula is C23H24N2O6. The van der Waals surface area contributed by atoms with Gasteiger partial charge in [0.15, 0.2) is 23.0 Å². The smallest absolute Gasteiger partial charge is 0.259 e. The number of hydrogen-bond acceptors (Lipinski definition) is 7. The van der Waals surface area contributed by atoms with Crippen molar-refractivity contribution in [1.29, 1.82) is 0 Å². The second-order valence-corrected chi connectivity index (χ2v) is 6.35. The Kier molecular flexibility index (Phi) is 7.16. The van der Waals surface area contributed by atoms with Crippen LogP contribution in [0.2, 0.25) is 0 Å². The summed E-state index contributed by atoms with van der Waals surface area (Å²) in [6, 6.07) is 12.1. The average Bonchev–Trinajstić information content (AvgIpc) is 2.82. The van der Waals surface area contributed by atoms with Crippen molar-refractivity contribution < 1.29 is 28.5 Å². The molecular weight excluding hydrogens is 400 g/mol. The van der Waals surface area contributed by atoms with Crippen LogP contribution < -0.4 is 29.0 Å². The van der Waals surface area contributed by atoms with Crippen LogP contribution in [-0.4, -0.2) is 39.3 Å². The monoisotopic (exact) mass is 424 g/mol. The maximum absolute atomic E-state index is 12.9. The zero-order chi connectivity index (χ0) is 22.2. The molecule has 31 heavy (non-hydrogen) atoms. The predicted octanol–water partition coefficient (Wildman–Crippen LogP) is 3.95. The van der Waals surface area contributed by atoms with Gasteiger partial charge in [0, 0.05) is 24.1 Å². The van der Waals surface area contributed by atoms with Crippen LogP contribution in [0.3, 0.4) is 0 Å². The number of pyridine rings is 1. The molecule has 3 aromatic rings. The van der Waals surface area contributed by atoms with Crippen LogP contribution in [0.25, 0.3) is 0 Å². The number of aromatic nitrogens is 1. The van der Waals surface area contributed by atoms with Gasteiger partial charge in [-0.05, 0) is 42.0 Å². The number of anilines is 1. The molecule has 1 heterocycles. The van der Waals surface area contributed by atoms with Crippen LogP contribution in [0.15, 0.2) is 54.9 Å². The topological polar surface area (TPSA) is 88.1 Å². The summed E-state index contributed by atoms with van der Waals surface area (Å²) in [6.07, 6.45) is 3.40. The lowest BCUT2D eigenvalue weighted by Crippen LogP contribution is -2.14. The molecule has 0 spiro atoms. The molecule has 0 aliphatic rings. The number of nitrogens with zero attached hydrogens (tertiary/aromatic N) is 1. The van der Waals surface area contributed by atoms with E-state index in [1.165, 1.54) is 21.3 Å². The third kappa shape index (κ3) is 4.98. The molecule has 0 aliphatic carbocycles. The molecule has 162 valence electrons. The van der Waals surface area contributed by atoms with E-state index in [0.29, 0.717) is 40.9 Å². The van der Waals surface area contributed by atoms with Crippen molar-refractivity contribution in [3.63, 3.8) is 0 Å². The van der Waals surface area contributed by atoms with E-state index in [1.807, 2.05) is 12.1 Å². The molecule has 8 heteroatoms. The van der Waals surface area contributed by atoms with Gasteiger partial charge in [0.25, 0.3) is 5.91 Å². The third-order valence-electron chi connectivity index (χ3n) is 4.51. The van der Waals surface area contributed by atoms with Gasteiger partial charge in [0.1, 0.15) is 6.61 Å². The fourth-order valence-corrected chi connectivity index (χ4v) is 2.99. The Labute approximate surface area is 180 Å². The van der Waals surface area contributed by atoms with Crippen LogP contribution >= 0.6 is 0 Å². The first-order valence-corrected chi connectivity index (χ1v) is 9.41. The number of amides is 1. The zero-order valence-electron chi connectivity index (χ0n) is 17.8. The molecule has 1 aromatic heterocycles. The highest BCUT2D eigenvalue weighted by Crippen LogP contribution is 2.40. The van der Waals surface area contributed by atoms with E-state index in [-0.39, 0.29) is 11.7 Å². The molecule has 0 saturated heterocycles. The lowest BCUT2D eigenvalue weighted by atomic mass is 10.1.